The Morgan fingerprint density at radius 2 is 1.68 bits per heavy atom. The average Bonchev–Trinajstić information content (AvgIpc) is 3.13. The molecule has 0 radical (unpaired) electrons. The highest BCUT2D eigenvalue weighted by atomic mass is 35.5. The van der Waals surface area contributed by atoms with Gasteiger partial charge in [0.2, 0.25) is 0 Å². The molecular formula is C22H23ClN4O3S. The van der Waals surface area contributed by atoms with Crippen LogP contribution >= 0.6 is 22.9 Å². The fraction of sp³-hybridized carbons (Fsp3) is 0.273. The predicted octanol–water partition coefficient (Wildman–Crippen LogP) is 3.39. The van der Waals surface area contributed by atoms with Crippen LogP contribution in [-0.4, -0.2) is 57.1 Å². The van der Waals surface area contributed by atoms with Crippen LogP contribution in [0.5, 0.6) is 5.75 Å². The molecule has 0 saturated carbocycles. The van der Waals surface area contributed by atoms with Gasteiger partial charge in [0.25, 0.3) is 11.8 Å². The average molecular weight is 459 g/mol. The van der Waals surface area contributed by atoms with Gasteiger partial charge in [0.05, 0.1) is 12.1 Å². The smallest absolute Gasteiger partial charge is 0.281 e. The zero-order valence-corrected chi connectivity index (χ0v) is 18.8. The number of ether oxygens (including phenoxy) is 1. The first-order chi connectivity index (χ1) is 15.0. The lowest BCUT2D eigenvalue weighted by atomic mass is 10.1. The van der Waals surface area contributed by atoms with Crippen LogP contribution in [0.1, 0.15) is 20.0 Å². The second kappa shape index (κ2) is 9.13. The number of likely N-dealkylation sites (N-methyl/N-ethyl adjacent to an activating group) is 1. The number of benzene rings is 2. The molecule has 7 nitrogen and oxygen atoms in total. The summed E-state index contributed by atoms with van der Waals surface area (Å²) >= 11 is 7.61. The number of fused-ring (bicyclic) bond motifs is 1. The summed E-state index contributed by atoms with van der Waals surface area (Å²) in [6.07, 6.45) is 0. The normalized spacial score (nSPS) is 14.5. The molecule has 0 spiro atoms. The summed E-state index contributed by atoms with van der Waals surface area (Å²) in [4.78, 5) is 29.9. The first-order valence-corrected chi connectivity index (χ1v) is 11.1. The zero-order chi connectivity index (χ0) is 22.0. The number of amides is 2. The van der Waals surface area contributed by atoms with Crippen LogP contribution in [0.2, 0.25) is 5.02 Å². The molecule has 9 heteroatoms. The van der Waals surface area contributed by atoms with E-state index in [1.54, 1.807) is 25.3 Å². The number of halogens is 1. The molecular weight excluding hydrogens is 436 g/mol. The van der Waals surface area contributed by atoms with Gasteiger partial charge in [0.1, 0.15) is 10.6 Å². The fourth-order valence-electron chi connectivity index (χ4n) is 3.45. The molecule has 2 aromatic carbocycles. The van der Waals surface area contributed by atoms with E-state index in [9.17, 15) is 9.59 Å². The van der Waals surface area contributed by atoms with Gasteiger partial charge in [-0.3, -0.25) is 20.4 Å². The third kappa shape index (κ3) is 4.61. The summed E-state index contributed by atoms with van der Waals surface area (Å²) in [6.45, 7) is 3.95. The van der Waals surface area contributed by atoms with E-state index in [0.29, 0.717) is 21.2 Å². The van der Waals surface area contributed by atoms with Gasteiger partial charge >= 0.3 is 0 Å². The Morgan fingerprint density at radius 3 is 2.35 bits per heavy atom. The number of rotatable bonds is 4. The van der Waals surface area contributed by atoms with E-state index < -0.39 is 11.8 Å². The third-order valence-corrected chi connectivity index (χ3v) is 6.99. The molecule has 1 aliphatic heterocycles. The number of carbonyl (C=O) groups is 2. The van der Waals surface area contributed by atoms with Gasteiger partial charge in [0.15, 0.2) is 0 Å². The third-order valence-electron chi connectivity index (χ3n) is 5.33. The van der Waals surface area contributed by atoms with Crippen LogP contribution in [0.25, 0.3) is 10.1 Å². The van der Waals surface area contributed by atoms with Crippen LogP contribution in [-0.2, 0) is 0 Å². The molecule has 1 aliphatic rings. The number of hydrogen-bond acceptors (Lipinski definition) is 6. The molecule has 0 unspecified atom stereocenters. The number of hydrazine groups is 1. The summed E-state index contributed by atoms with van der Waals surface area (Å²) in [5, 5.41) is 1.12. The lowest BCUT2D eigenvalue weighted by molar-refractivity contribution is 0.0849. The van der Waals surface area contributed by atoms with Crippen molar-refractivity contribution < 1.29 is 14.3 Å². The second-order valence-corrected chi connectivity index (χ2v) is 8.78. The Morgan fingerprint density at radius 1 is 1.00 bits per heavy atom. The van der Waals surface area contributed by atoms with Crippen LogP contribution in [0.15, 0.2) is 42.5 Å². The molecule has 0 atom stereocenters. The second-order valence-electron chi connectivity index (χ2n) is 7.35. The van der Waals surface area contributed by atoms with E-state index in [1.807, 2.05) is 24.3 Å². The molecule has 1 saturated heterocycles. The Kier molecular flexibility index (Phi) is 6.31. The Bertz CT molecular complexity index is 1110. The van der Waals surface area contributed by atoms with Crippen molar-refractivity contribution in [2.24, 2.45) is 0 Å². The molecule has 4 rings (SSSR count). The summed E-state index contributed by atoms with van der Waals surface area (Å²) in [7, 11) is 3.69. The van der Waals surface area contributed by atoms with Gasteiger partial charge in [-0.1, -0.05) is 11.6 Å². The highest BCUT2D eigenvalue weighted by Crippen LogP contribution is 2.37. The summed E-state index contributed by atoms with van der Waals surface area (Å²) in [6, 6.07) is 12.8. The van der Waals surface area contributed by atoms with Crippen molar-refractivity contribution in [3.8, 4) is 5.75 Å². The van der Waals surface area contributed by atoms with Crippen molar-refractivity contribution in [2.75, 3.05) is 45.2 Å². The maximum atomic E-state index is 12.6. The van der Waals surface area contributed by atoms with Gasteiger partial charge in [0, 0.05) is 47.5 Å². The predicted molar refractivity (Wildman–Crippen MR) is 124 cm³/mol. The molecule has 3 aromatic rings. The van der Waals surface area contributed by atoms with Crippen molar-refractivity contribution in [2.45, 2.75) is 0 Å². The number of thiophene rings is 1. The van der Waals surface area contributed by atoms with Crippen molar-refractivity contribution in [1.29, 1.82) is 0 Å². The van der Waals surface area contributed by atoms with E-state index in [-0.39, 0.29) is 0 Å². The SMILES string of the molecule is COc1ccc2c(Cl)c(C(=O)NNC(=O)c3ccc(N4CCN(C)CC4)cc3)sc2c1. The number of anilines is 1. The van der Waals surface area contributed by atoms with E-state index in [1.165, 1.54) is 11.3 Å². The maximum Gasteiger partial charge on any atom is 0.281 e. The van der Waals surface area contributed by atoms with Crippen molar-refractivity contribution in [3.63, 3.8) is 0 Å². The van der Waals surface area contributed by atoms with Gasteiger partial charge in [-0.05, 0) is 49.5 Å². The molecule has 2 N–H and O–H groups in total. The molecule has 31 heavy (non-hydrogen) atoms. The highest BCUT2D eigenvalue weighted by molar-refractivity contribution is 7.21. The zero-order valence-electron chi connectivity index (χ0n) is 17.3. The van der Waals surface area contributed by atoms with Crippen LogP contribution in [0, 0.1) is 0 Å². The Hall–Kier alpha value is -2.81. The first kappa shape index (κ1) is 21.4. The molecule has 0 bridgehead atoms. The lowest BCUT2D eigenvalue weighted by Gasteiger charge is -2.34. The largest absolute Gasteiger partial charge is 0.497 e. The minimum Gasteiger partial charge on any atom is -0.497 e. The van der Waals surface area contributed by atoms with E-state index >= 15 is 0 Å². The van der Waals surface area contributed by atoms with E-state index in [0.717, 1.165) is 42.0 Å². The number of methoxy groups -OCH3 is 1. The standard InChI is InChI=1S/C22H23ClN4O3S/c1-26-9-11-27(12-10-26)15-5-3-14(4-6-15)21(28)24-25-22(29)20-19(23)17-8-7-16(30-2)13-18(17)31-20/h3-8,13H,9-12H2,1-2H3,(H,24,28)(H,25,29). The van der Waals surface area contributed by atoms with Crippen LogP contribution in [0.4, 0.5) is 5.69 Å². The fourth-order valence-corrected chi connectivity index (χ4v) is 4.89. The topological polar surface area (TPSA) is 73.9 Å². The van der Waals surface area contributed by atoms with E-state index in [2.05, 4.69) is 27.7 Å². The van der Waals surface area contributed by atoms with Gasteiger partial charge in [-0.15, -0.1) is 11.3 Å². The quantitative estimate of drug-likeness (QED) is 0.586. The minimum atomic E-state index is -0.465. The Balaban J connectivity index is 1.39. The molecule has 2 amide bonds. The maximum absolute atomic E-state index is 12.6. The van der Waals surface area contributed by atoms with E-state index in [4.69, 9.17) is 16.3 Å². The van der Waals surface area contributed by atoms with Gasteiger partial charge in [-0.25, -0.2) is 0 Å². The molecule has 0 aliphatic carbocycles. The molecule has 1 fully saturated rings. The Labute approximate surface area is 189 Å². The van der Waals surface area contributed by atoms with Crippen molar-refractivity contribution in [3.05, 3.63) is 57.9 Å². The summed E-state index contributed by atoms with van der Waals surface area (Å²) in [5.41, 5.74) is 6.46. The van der Waals surface area contributed by atoms with Crippen LogP contribution < -0.4 is 20.5 Å². The van der Waals surface area contributed by atoms with Crippen LogP contribution in [0.3, 0.4) is 0 Å². The highest BCUT2D eigenvalue weighted by Gasteiger charge is 2.19. The summed E-state index contributed by atoms with van der Waals surface area (Å²) in [5.74, 6) is -0.171. The number of carbonyl (C=O) groups excluding carboxylic acids is 2. The van der Waals surface area contributed by atoms with Crippen molar-refractivity contribution >= 4 is 50.5 Å². The lowest BCUT2D eigenvalue weighted by Crippen LogP contribution is -2.44. The molecule has 162 valence electrons. The molecule has 2 heterocycles. The number of piperazine rings is 1. The number of hydrogen-bond donors (Lipinski definition) is 2. The van der Waals surface area contributed by atoms with Gasteiger partial charge in [-0.2, -0.15) is 0 Å². The molecule has 1 aromatic heterocycles. The summed E-state index contributed by atoms with van der Waals surface area (Å²) < 4.78 is 6.05. The van der Waals surface area contributed by atoms with Crippen molar-refractivity contribution in [1.82, 2.24) is 15.8 Å². The monoisotopic (exact) mass is 458 g/mol. The first-order valence-electron chi connectivity index (χ1n) is 9.86. The van der Waals surface area contributed by atoms with Gasteiger partial charge < -0.3 is 14.5 Å². The number of nitrogens with zero attached hydrogens (tertiary/aromatic N) is 2. The minimum absolute atomic E-state index is 0.329. The number of nitrogens with one attached hydrogen (secondary N) is 2.